The van der Waals surface area contributed by atoms with Crippen LogP contribution >= 0.6 is 0 Å². The molecule has 0 fully saturated rings. The Labute approximate surface area is 95.9 Å². The first-order valence-electron chi connectivity index (χ1n) is 4.50. The van der Waals surface area contributed by atoms with Gasteiger partial charge in [0.2, 0.25) is 0 Å². The molecule has 0 spiro atoms. The van der Waals surface area contributed by atoms with Crippen LogP contribution in [0.4, 0.5) is 0 Å². The minimum absolute atomic E-state index is 0.0872. The van der Waals surface area contributed by atoms with Crippen LogP contribution in [0, 0.1) is 15.5 Å². The average molecular weight is 238 g/mol. The van der Waals surface area contributed by atoms with E-state index in [1.807, 2.05) is 0 Å². The second kappa shape index (κ2) is 4.92. The van der Waals surface area contributed by atoms with Gasteiger partial charge in [0.1, 0.15) is 6.54 Å². The van der Waals surface area contributed by atoms with E-state index in [1.54, 1.807) is 0 Å². The largest absolute Gasteiger partial charge is 0.478 e. The maximum atomic E-state index is 10.6. The predicted octanol–water partition coefficient (Wildman–Crippen LogP) is 0.272. The molecule has 0 aromatic heterocycles. The van der Waals surface area contributed by atoms with Crippen LogP contribution in [0.25, 0.3) is 0 Å². The molecule has 0 saturated carbocycles. The Morgan fingerprint density at radius 1 is 1.47 bits per heavy atom. The fourth-order valence-corrected chi connectivity index (χ4v) is 1.16. The topological polar surface area (TPSA) is 134 Å². The minimum Gasteiger partial charge on any atom is -0.478 e. The fraction of sp³-hybridized carbons (Fsp3) is 0.111. The molecule has 1 aromatic rings. The molecule has 0 radical (unpaired) electrons. The van der Waals surface area contributed by atoms with Crippen LogP contribution in [-0.4, -0.2) is 27.1 Å². The standard InChI is InChI=1S/C9H10N4O4/c10-9(11)12(13(16)17)5-6-1-3-7(4-2-6)8(14)15/h1-4H,5H2,(H3,10,11)(H,14,15). The van der Waals surface area contributed by atoms with Gasteiger partial charge >= 0.3 is 5.97 Å². The normalized spacial score (nSPS) is 9.65. The van der Waals surface area contributed by atoms with Crippen LogP contribution in [0.3, 0.4) is 0 Å². The predicted molar refractivity (Wildman–Crippen MR) is 57.9 cm³/mol. The van der Waals surface area contributed by atoms with Crippen molar-refractivity contribution in [1.29, 1.82) is 5.41 Å². The zero-order valence-corrected chi connectivity index (χ0v) is 8.66. The zero-order valence-electron chi connectivity index (χ0n) is 8.66. The Balaban J connectivity index is 2.84. The lowest BCUT2D eigenvalue weighted by Crippen LogP contribution is -2.40. The van der Waals surface area contributed by atoms with Gasteiger partial charge in [0.05, 0.1) is 5.56 Å². The third-order valence-corrected chi connectivity index (χ3v) is 2.01. The van der Waals surface area contributed by atoms with Gasteiger partial charge in [0, 0.05) is 0 Å². The molecular formula is C9H10N4O4. The lowest BCUT2D eigenvalue weighted by atomic mass is 10.1. The Bertz CT molecular complexity index is 443. The van der Waals surface area contributed by atoms with Crippen LogP contribution in [-0.2, 0) is 6.54 Å². The Morgan fingerprint density at radius 2 is 2.00 bits per heavy atom. The monoisotopic (exact) mass is 238 g/mol. The molecule has 8 nitrogen and oxygen atoms in total. The van der Waals surface area contributed by atoms with Crippen LogP contribution in [0.5, 0.6) is 0 Å². The smallest absolute Gasteiger partial charge is 0.335 e. The molecule has 0 atom stereocenters. The van der Waals surface area contributed by atoms with Gasteiger partial charge in [-0.3, -0.25) is 5.41 Å². The summed E-state index contributed by atoms with van der Waals surface area (Å²) in [4.78, 5) is 21.1. The number of nitro groups is 1. The van der Waals surface area contributed by atoms with E-state index in [-0.39, 0.29) is 12.1 Å². The van der Waals surface area contributed by atoms with Gasteiger partial charge in [0.25, 0.3) is 5.96 Å². The summed E-state index contributed by atoms with van der Waals surface area (Å²) >= 11 is 0. The van der Waals surface area contributed by atoms with E-state index in [2.05, 4.69) is 0 Å². The summed E-state index contributed by atoms with van der Waals surface area (Å²) in [6.07, 6.45) is 0. The van der Waals surface area contributed by atoms with E-state index < -0.39 is 17.0 Å². The van der Waals surface area contributed by atoms with Crippen LogP contribution in [0.2, 0.25) is 0 Å². The first-order valence-corrected chi connectivity index (χ1v) is 4.50. The molecule has 90 valence electrons. The molecule has 0 aliphatic heterocycles. The first kappa shape index (κ1) is 12.4. The average Bonchev–Trinajstić information content (AvgIpc) is 2.25. The number of carbonyl (C=O) groups is 1. The lowest BCUT2D eigenvalue weighted by molar-refractivity contribution is -0.633. The molecule has 1 aromatic carbocycles. The number of hydrazine groups is 1. The summed E-state index contributed by atoms with van der Waals surface area (Å²) in [5.74, 6) is -1.76. The maximum Gasteiger partial charge on any atom is 0.335 e. The molecule has 4 N–H and O–H groups in total. The highest BCUT2D eigenvalue weighted by Crippen LogP contribution is 2.07. The number of benzene rings is 1. The SMILES string of the molecule is N=C(N)N(Cc1ccc(C(=O)O)cc1)[N+](=O)[O-]. The Kier molecular flexibility index (Phi) is 3.60. The van der Waals surface area contributed by atoms with E-state index in [9.17, 15) is 14.9 Å². The van der Waals surface area contributed by atoms with E-state index >= 15 is 0 Å². The summed E-state index contributed by atoms with van der Waals surface area (Å²) in [5, 5.41) is 25.9. The highest BCUT2D eigenvalue weighted by molar-refractivity contribution is 5.87. The minimum atomic E-state index is -1.07. The molecular weight excluding hydrogens is 228 g/mol. The fourth-order valence-electron chi connectivity index (χ4n) is 1.16. The van der Waals surface area contributed by atoms with Crippen molar-refractivity contribution >= 4 is 11.9 Å². The maximum absolute atomic E-state index is 10.6. The van der Waals surface area contributed by atoms with Crippen molar-refractivity contribution < 1.29 is 14.9 Å². The number of nitrogens with one attached hydrogen (secondary N) is 1. The number of rotatable bonds is 4. The Hall–Kier alpha value is -2.64. The molecule has 0 heterocycles. The zero-order chi connectivity index (χ0) is 13.0. The van der Waals surface area contributed by atoms with E-state index in [0.717, 1.165) is 0 Å². The van der Waals surface area contributed by atoms with Gasteiger partial charge in [-0.15, -0.1) is 0 Å². The number of hydrogen-bond acceptors (Lipinski definition) is 4. The molecule has 0 bridgehead atoms. The quantitative estimate of drug-likeness (QED) is 0.298. The first-order chi connectivity index (χ1) is 7.91. The van der Waals surface area contributed by atoms with Crippen molar-refractivity contribution in [2.24, 2.45) is 5.73 Å². The lowest BCUT2D eigenvalue weighted by Gasteiger charge is -2.11. The molecule has 8 heteroatoms. The van der Waals surface area contributed by atoms with Crippen molar-refractivity contribution in [3.8, 4) is 0 Å². The van der Waals surface area contributed by atoms with E-state index in [0.29, 0.717) is 10.6 Å². The number of hydrogen-bond donors (Lipinski definition) is 3. The van der Waals surface area contributed by atoms with E-state index in [1.165, 1.54) is 24.3 Å². The van der Waals surface area contributed by atoms with Crippen molar-refractivity contribution in [2.75, 3.05) is 0 Å². The Morgan fingerprint density at radius 3 is 2.35 bits per heavy atom. The summed E-state index contributed by atoms with van der Waals surface area (Å²) in [6.45, 7) is -0.192. The number of nitrogens with two attached hydrogens (primary N) is 1. The molecule has 17 heavy (non-hydrogen) atoms. The van der Waals surface area contributed by atoms with Gasteiger partial charge in [-0.2, -0.15) is 0 Å². The molecule has 0 aliphatic carbocycles. The molecule has 0 amide bonds. The van der Waals surface area contributed by atoms with Gasteiger partial charge in [-0.05, 0) is 17.7 Å². The highest BCUT2D eigenvalue weighted by Gasteiger charge is 2.18. The number of nitrogens with zero attached hydrogens (tertiary/aromatic N) is 2. The third kappa shape index (κ3) is 3.16. The number of guanidine groups is 1. The van der Waals surface area contributed by atoms with Gasteiger partial charge in [-0.25, -0.2) is 14.9 Å². The molecule has 0 unspecified atom stereocenters. The van der Waals surface area contributed by atoms with Crippen LogP contribution < -0.4 is 5.73 Å². The third-order valence-electron chi connectivity index (χ3n) is 2.01. The van der Waals surface area contributed by atoms with Crippen molar-refractivity contribution in [3.05, 3.63) is 45.5 Å². The number of carboxylic acid groups (broad SMARTS) is 1. The van der Waals surface area contributed by atoms with Crippen LogP contribution in [0.15, 0.2) is 24.3 Å². The van der Waals surface area contributed by atoms with Crippen LogP contribution in [0.1, 0.15) is 15.9 Å². The molecule has 0 aliphatic rings. The second-order valence-electron chi connectivity index (χ2n) is 3.18. The van der Waals surface area contributed by atoms with Gasteiger partial charge < -0.3 is 10.8 Å². The second-order valence-corrected chi connectivity index (χ2v) is 3.18. The highest BCUT2D eigenvalue weighted by atomic mass is 16.7. The number of aromatic carboxylic acids is 1. The molecule has 0 saturated heterocycles. The summed E-state index contributed by atoms with van der Waals surface area (Å²) < 4.78 is 0. The van der Waals surface area contributed by atoms with Crippen molar-refractivity contribution in [3.63, 3.8) is 0 Å². The van der Waals surface area contributed by atoms with Gasteiger partial charge in [0.15, 0.2) is 5.03 Å². The molecule has 1 rings (SSSR count). The summed E-state index contributed by atoms with van der Waals surface area (Å²) in [6, 6.07) is 5.53. The summed E-state index contributed by atoms with van der Waals surface area (Å²) in [5.41, 5.74) is 5.61. The van der Waals surface area contributed by atoms with Crippen molar-refractivity contribution in [1.82, 2.24) is 5.01 Å². The summed E-state index contributed by atoms with van der Waals surface area (Å²) in [7, 11) is 0. The van der Waals surface area contributed by atoms with Gasteiger partial charge in [-0.1, -0.05) is 17.1 Å². The van der Waals surface area contributed by atoms with E-state index in [4.69, 9.17) is 16.2 Å². The van der Waals surface area contributed by atoms with Crippen molar-refractivity contribution in [2.45, 2.75) is 6.54 Å². The number of carboxylic acids is 1.